The normalized spacial score (nSPS) is 49.7. The van der Waals surface area contributed by atoms with Gasteiger partial charge >= 0.3 is 0 Å². The maximum atomic E-state index is 5.68. The Hall–Kier alpha value is -0.120. The van der Waals surface area contributed by atoms with Crippen LogP contribution >= 0.6 is 0 Å². The Morgan fingerprint density at radius 3 is 2.78 bits per heavy atom. The van der Waals surface area contributed by atoms with Crippen LogP contribution < -0.4 is 11.1 Å². The molecule has 2 fully saturated rings. The van der Waals surface area contributed by atoms with Crippen LogP contribution in [-0.2, 0) is 4.74 Å². The fourth-order valence-electron chi connectivity index (χ4n) is 1.55. The summed E-state index contributed by atoms with van der Waals surface area (Å²) in [5.74, 6) is 0. The van der Waals surface area contributed by atoms with Gasteiger partial charge in [-0.05, 0) is 12.8 Å². The molecule has 0 radical (unpaired) electrons. The topological polar surface area (TPSA) is 47.3 Å². The quantitative estimate of drug-likeness (QED) is 0.459. The van der Waals surface area contributed by atoms with Crippen molar-refractivity contribution in [3.63, 3.8) is 0 Å². The molecule has 2 saturated heterocycles. The van der Waals surface area contributed by atoms with Crippen LogP contribution in [0.25, 0.3) is 0 Å². The van der Waals surface area contributed by atoms with Crippen molar-refractivity contribution in [2.45, 2.75) is 24.6 Å². The van der Waals surface area contributed by atoms with Crippen LogP contribution in [0.4, 0.5) is 0 Å². The molecule has 2 aliphatic heterocycles. The molecule has 2 atom stereocenters. The van der Waals surface area contributed by atoms with Crippen molar-refractivity contribution in [3.05, 3.63) is 0 Å². The molecule has 0 aliphatic carbocycles. The molecule has 0 amide bonds. The molecule has 2 unspecified atom stereocenters. The highest BCUT2D eigenvalue weighted by Crippen LogP contribution is 2.31. The van der Waals surface area contributed by atoms with Gasteiger partial charge in [0.05, 0.1) is 6.17 Å². The fourth-order valence-corrected chi connectivity index (χ4v) is 1.55. The number of ether oxygens (including phenoxy) is 1. The van der Waals surface area contributed by atoms with E-state index in [2.05, 4.69) is 5.32 Å². The number of hydrogen-bond acceptors (Lipinski definition) is 3. The second-order valence-corrected chi connectivity index (χ2v) is 2.88. The molecule has 9 heavy (non-hydrogen) atoms. The van der Waals surface area contributed by atoms with Crippen LogP contribution in [0, 0.1) is 0 Å². The van der Waals surface area contributed by atoms with Crippen LogP contribution in [0.2, 0.25) is 0 Å². The van der Waals surface area contributed by atoms with Crippen molar-refractivity contribution in [3.8, 4) is 0 Å². The summed E-state index contributed by atoms with van der Waals surface area (Å²) in [5, 5.41) is 3.09. The average molecular weight is 128 g/mol. The van der Waals surface area contributed by atoms with E-state index >= 15 is 0 Å². The first kappa shape index (κ1) is 5.65. The zero-order valence-corrected chi connectivity index (χ0v) is 5.39. The number of nitrogens with two attached hydrogens (primary N) is 1. The monoisotopic (exact) mass is 128 g/mol. The van der Waals surface area contributed by atoms with E-state index in [1.54, 1.807) is 0 Å². The smallest absolute Gasteiger partial charge is 0.109 e. The highest BCUT2D eigenvalue weighted by Gasteiger charge is 2.47. The Kier molecular flexibility index (Phi) is 1.06. The SMILES string of the molecule is NC1NCC12CCCO2. The Morgan fingerprint density at radius 1 is 1.67 bits per heavy atom. The van der Waals surface area contributed by atoms with Crippen molar-refractivity contribution in [2.75, 3.05) is 13.2 Å². The van der Waals surface area contributed by atoms with E-state index < -0.39 is 0 Å². The van der Waals surface area contributed by atoms with Gasteiger partial charge in [0.2, 0.25) is 0 Å². The Morgan fingerprint density at radius 2 is 2.56 bits per heavy atom. The van der Waals surface area contributed by atoms with Crippen LogP contribution in [0.3, 0.4) is 0 Å². The molecule has 1 spiro atoms. The van der Waals surface area contributed by atoms with E-state index in [4.69, 9.17) is 10.5 Å². The van der Waals surface area contributed by atoms with Gasteiger partial charge in [-0.3, -0.25) is 5.32 Å². The van der Waals surface area contributed by atoms with Crippen LogP contribution in [0.5, 0.6) is 0 Å². The van der Waals surface area contributed by atoms with Gasteiger partial charge in [-0.25, -0.2) is 0 Å². The van der Waals surface area contributed by atoms with E-state index in [0.29, 0.717) is 0 Å². The Labute approximate surface area is 54.6 Å². The van der Waals surface area contributed by atoms with E-state index in [9.17, 15) is 0 Å². The third-order valence-electron chi connectivity index (χ3n) is 2.32. The number of nitrogens with one attached hydrogen (secondary N) is 1. The van der Waals surface area contributed by atoms with Gasteiger partial charge in [0.15, 0.2) is 0 Å². The van der Waals surface area contributed by atoms with Gasteiger partial charge in [-0.1, -0.05) is 0 Å². The minimum absolute atomic E-state index is 0.0417. The maximum Gasteiger partial charge on any atom is 0.109 e. The van der Waals surface area contributed by atoms with Crippen molar-refractivity contribution in [1.29, 1.82) is 0 Å². The molecular formula is C6H12N2O. The van der Waals surface area contributed by atoms with Crippen molar-refractivity contribution in [1.82, 2.24) is 5.32 Å². The van der Waals surface area contributed by atoms with E-state index in [-0.39, 0.29) is 11.8 Å². The largest absolute Gasteiger partial charge is 0.371 e. The van der Waals surface area contributed by atoms with Gasteiger partial charge in [0, 0.05) is 13.2 Å². The number of rotatable bonds is 0. The lowest BCUT2D eigenvalue weighted by Crippen LogP contribution is -2.71. The van der Waals surface area contributed by atoms with Gasteiger partial charge in [0.1, 0.15) is 5.60 Å². The summed E-state index contributed by atoms with van der Waals surface area (Å²) in [6.45, 7) is 1.85. The first-order valence-electron chi connectivity index (χ1n) is 3.46. The fraction of sp³-hybridized carbons (Fsp3) is 1.00. The highest BCUT2D eigenvalue weighted by atomic mass is 16.5. The number of hydrogen-bond donors (Lipinski definition) is 2. The summed E-state index contributed by atoms with van der Waals surface area (Å²) < 4.78 is 5.50. The second-order valence-electron chi connectivity index (χ2n) is 2.88. The minimum atomic E-state index is 0.0417. The van der Waals surface area contributed by atoms with Gasteiger partial charge in [-0.15, -0.1) is 0 Å². The molecule has 2 aliphatic rings. The molecule has 0 aromatic rings. The first-order valence-corrected chi connectivity index (χ1v) is 3.46. The van der Waals surface area contributed by atoms with Gasteiger partial charge in [-0.2, -0.15) is 0 Å². The Balaban J connectivity index is 2.06. The van der Waals surface area contributed by atoms with Crippen molar-refractivity contribution >= 4 is 0 Å². The average Bonchev–Trinajstić information content (AvgIpc) is 2.34. The maximum absolute atomic E-state index is 5.68. The molecule has 0 bridgehead atoms. The van der Waals surface area contributed by atoms with Crippen LogP contribution in [-0.4, -0.2) is 24.9 Å². The lowest BCUT2D eigenvalue weighted by molar-refractivity contribution is -0.0749. The summed E-state index contributed by atoms with van der Waals surface area (Å²) in [4.78, 5) is 0. The van der Waals surface area contributed by atoms with Crippen molar-refractivity contribution in [2.24, 2.45) is 5.73 Å². The molecule has 0 aromatic heterocycles. The van der Waals surface area contributed by atoms with Crippen molar-refractivity contribution < 1.29 is 4.74 Å². The lowest BCUT2D eigenvalue weighted by Gasteiger charge is -2.44. The second kappa shape index (κ2) is 1.68. The van der Waals surface area contributed by atoms with Crippen LogP contribution in [0.1, 0.15) is 12.8 Å². The molecule has 2 heterocycles. The first-order chi connectivity index (χ1) is 4.33. The molecule has 0 aromatic carbocycles. The molecule has 3 nitrogen and oxygen atoms in total. The molecule has 3 heteroatoms. The molecule has 0 saturated carbocycles. The molecule has 3 N–H and O–H groups in total. The van der Waals surface area contributed by atoms with E-state index in [0.717, 1.165) is 19.6 Å². The summed E-state index contributed by atoms with van der Waals surface area (Å²) in [5.41, 5.74) is 5.72. The summed E-state index contributed by atoms with van der Waals surface area (Å²) in [7, 11) is 0. The zero-order chi connectivity index (χ0) is 6.32. The van der Waals surface area contributed by atoms with E-state index in [1.165, 1.54) is 6.42 Å². The van der Waals surface area contributed by atoms with Gasteiger partial charge in [0.25, 0.3) is 0 Å². The Bertz CT molecular complexity index is 120. The molecule has 2 rings (SSSR count). The summed E-state index contributed by atoms with van der Waals surface area (Å²) in [6.07, 6.45) is 2.41. The summed E-state index contributed by atoms with van der Waals surface area (Å²) >= 11 is 0. The minimum Gasteiger partial charge on any atom is -0.371 e. The predicted molar refractivity (Wildman–Crippen MR) is 33.9 cm³/mol. The summed E-state index contributed by atoms with van der Waals surface area (Å²) in [6, 6.07) is 0. The third kappa shape index (κ3) is 0.625. The van der Waals surface area contributed by atoms with E-state index in [1.807, 2.05) is 0 Å². The molecule has 52 valence electrons. The highest BCUT2D eigenvalue weighted by molar-refractivity contribution is 5.03. The molecular weight excluding hydrogens is 116 g/mol. The zero-order valence-electron chi connectivity index (χ0n) is 5.39. The third-order valence-corrected chi connectivity index (χ3v) is 2.32. The van der Waals surface area contributed by atoms with Gasteiger partial charge < -0.3 is 10.5 Å². The lowest BCUT2D eigenvalue weighted by atomic mass is 9.90. The predicted octanol–water partition coefficient (Wildman–Crippen LogP) is -0.576. The van der Waals surface area contributed by atoms with Crippen LogP contribution in [0.15, 0.2) is 0 Å². The standard InChI is InChI=1S/C6H12N2O/c7-5-6(4-8-5)2-1-3-9-6/h5,8H,1-4,7H2.